The third-order valence-electron chi connectivity index (χ3n) is 7.04. The second kappa shape index (κ2) is 11.3. The molecule has 0 aliphatic carbocycles. The lowest BCUT2D eigenvalue weighted by Gasteiger charge is -2.33. The minimum atomic E-state index is 0.00718. The van der Waals surface area contributed by atoms with Crippen molar-refractivity contribution in [3.63, 3.8) is 0 Å². The highest BCUT2D eigenvalue weighted by Gasteiger charge is 2.29. The Hall–Kier alpha value is -2.94. The van der Waals surface area contributed by atoms with Gasteiger partial charge >= 0.3 is 0 Å². The fourth-order valence-electron chi connectivity index (χ4n) is 4.70. The van der Waals surface area contributed by atoms with E-state index >= 15 is 0 Å². The third-order valence-corrected chi connectivity index (χ3v) is 7.04. The van der Waals surface area contributed by atoms with Crippen LogP contribution >= 0.6 is 0 Å². The molecule has 3 nitrogen and oxygen atoms in total. The Balaban J connectivity index is 1.80. The normalized spacial score (nSPS) is 14.0. The van der Waals surface area contributed by atoms with Gasteiger partial charge in [-0.15, -0.1) is 0 Å². The second-order valence-electron chi connectivity index (χ2n) is 9.62. The molecule has 3 aromatic rings. The molecule has 33 heavy (non-hydrogen) atoms. The van der Waals surface area contributed by atoms with Crippen LogP contribution in [-0.4, -0.2) is 19.3 Å². The van der Waals surface area contributed by atoms with Crippen molar-refractivity contribution in [1.29, 1.82) is 0 Å². The number of rotatable bonds is 11. The summed E-state index contributed by atoms with van der Waals surface area (Å²) in [4.78, 5) is 0. The van der Waals surface area contributed by atoms with Crippen LogP contribution in [0.1, 0.15) is 62.6 Å². The van der Waals surface area contributed by atoms with Crippen molar-refractivity contribution in [3.8, 4) is 17.2 Å². The van der Waals surface area contributed by atoms with Crippen molar-refractivity contribution < 1.29 is 14.6 Å². The van der Waals surface area contributed by atoms with Gasteiger partial charge < -0.3 is 14.6 Å². The standard InChI is InChI=1S/C30H38O3/c1-22(2)29(24-8-16-28(33-5)17-9-24)19-21-30(3,25-10-12-26(31)13-11-25)20-18-23-6-14-27(32-4)15-7-23/h6-17,22,29,31H,18-21H2,1-5H3. The first-order valence-corrected chi connectivity index (χ1v) is 11.9. The smallest absolute Gasteiger partial charge is 0.118 e. The Morgan fingerprint density at radius 1 is 0.758 bits per heavy atom. The number of hydrogen-bond acceptors (Lipinski definition) is 3. The summed E-state index contributed by atoms with van der Waals surface area (Å²) in [7, 11) is 3.41. The maximum Gasteiger partial charge on any atom is 0.118 e. The number of phenols is 1. The molecule has 0 saturated carbocycles. The molecule has 0 spiro atoms. The van der Waals surface area contributed by atoms with E-state index in [1.165, 1.54) is 16.7 Å². The molecule has 0 heterocycles. The number of benzene rings is 3. The predicted molar refractivity (Wildman–Crippen MR) is 137 cm³/mol. The molecule has 2 atom stereocenters. The van der Waals surface area contributed by atoms with Crippen molar-refractivity contribution in [2.45, 2.75) is 57.8 Å². The fraction of sp³-hybridized carbons (Fsp3) is 0.400. The molecule has 0 aliphatic rings. The molecule has 0 radical (unpaired) electrons. The van der Waals surface area contributed by atoms with Gasteiger partial charge in [0.05, 0.1) is 14.2 Å². The van der Waals surface area contributed by atoms with Crippen LogP contribution < -0.4 is 9.47 Å². The van der Waals surface area contributed by atoms with Crippen molar-refractivity contribution in [3.05, 3.63) is 89.5 Å². The number of aryl methyl sites for hydroxylation is 1. The number of aromatic hydroxyl groups is 1. The average molecular weight is 447 g/mol. The molecule has 2 unspecified atom stereocenters. The van der Waals surface area contributed by atoms with E-state index in [0.717, 1.165) is 37.2 Å². The SMILES string of the molecule is COc1ccc(CCC(C)(CCC(c2ccc(OC)cc2)C(C)C)c2ccc(O)cc2)cc1. The van der Waals surface area contributed by atoms with Crippen LogP contribution in [0.4, 0.5) is 0 Å². The Morgan fingerprint density at radius 2 is 1.30 bits per heavy atom. The zero-order chi connectivity index (χ0) is 23.8. The molecule has 0 aromatic heterocycles. The van der Waals surface area contributed by atoms with Gasteiger partial charge in [-0.2, -0.15) is 0 Å². The topological polar surface area (TPSA) is 38.7 Å². The molecule has 0 saturated heterocycles. The minimum Gasteiger partial charge on any atom is -0.508 e. The van der Waals surface area contributed by atoms with Crippen LogP contribution in [0.25, 0.3) is 0 Å². The molecule has 3 heteroatoms. The first-order valence-electron chi connectivity index (χ1n) is 11.9. The molecular weight excluding hydrogens is 408 g/mol. The van der Waals surface area contributed by atoms with Gasteiger partial charge in [0, 0.05) is 0 Å². The summed E-state index contributed by atoms with van der Waals surface area (Å²) in [6.45, 7) is 6.99. The number of hydrogen-bond donors (Lipinski definition) is 1. The van der Waals surface area contributed by atoms with Gasteiger partial charge in [-0.25, -0.2) is 0 Å². The lowest BCUT2D eigenvalue weighted by Crippen LogP contribution is -2.24. The van der Waals surface area contributed by atoms with E-state index in [0.29, 0.717) is 17.6 Å². The molecule has 1 N–H and O–H groups in total. The number of methoxy groups -OCH3 is 2. The quantitative estimate of drug-likeness (QED) is 0.331. The maximum atomic E-state index is 9.84. The predicted octanol–water partition coefficient (Wildman–Crippen LogP) is 7.52. The highest BCUT2D eigenvalue weighted by Crippen LogP contribution is 2.40. The van der Waals surface area contributed by atoms with Crippen LogP contribution in [0.3, 0.4) is 0 Å². The van der Waals surface area contributed by atoms with E-state index in [-0.39, 0.29) is 5.41 Å². The summed E-state index contributed by atoms with van der Waals surface area (Å²) in [5, 5.41) is 9.84. The third kappa shape index (κ3) is 6.54. The summed E-state index contributed by atoms with van der Waals surface area (Å²) >= 11 is 0. The largest absolute Gasteiger partial charge is 0.508 e. The molecule has 0 aliphatic heterocycles. The van der Waals surface area contributed by atoms with Gasteiger partial charge in [-0.1, -0.05) is 57.2 Å². The van der Waals surface area contributed by atoms with E-state index < -0.39 is 0 Å². The van der Waals surface area contributed by atoms with Crippen LogP contribution in [-0.2, 0) is 11.8 Å². The van der Waals surface area contributed by atoms with Gasteiger partial charge in [-0.3, -0.25) is 0 Å². The van der Waals surface area contributed by atoms with E-state index in [1.54, 1.807) is 14.2 Å². The van der Waals surface area contributed by atoms with Gasteiger partial charge in [-0.05, 0) is 96.0 Å². The molecular formula is C30H38O3. The van der Waals surface area contributed by atoms with E-state index in [9.17, 15) is 5.11 Å². The first kappa shape index (κ1) is 24.7. The highest BCUT2D eigenvalue weighted by atomic mass is 16.5. The Bertz CT molecular complexity index is 975. The van der Waals surface area contributed by atoms with E-state index in [1.807, 2.05) is 24.3 Å². The highest BCUT2D eigenvalue weighted by molar-refractivity contribution is 5.33. The zero-order valence-electron chi connectivity index (χ0n) is 20.7. The summed E-state index contributed by atoms with van der Waals surface area (Å²) < 4.78 is 10.7. The van der Waals surface area contributed by atoms with Gasteiger partial charge in [0.1, 0.15) is 17.2 Å². The fourth-order valence-corrected chi connectivity index (χ4v) is 4.70. The number of phenolic OH excluding ortho intramolecular Hbond substituents is 1. The van der Waals surface area contributed by atoms with Crippen molar-refractivity contribution in [1.82, 2.24) is 0 Å². The van der Waals surface area contributed by atoms with Crippen LogP contribution in [0.15, 0.2) is 72.8 Å². The number of ether oxygens (including phenoxy) is 2. The second-order valence-corrected chi connectivity index (χ2v) is 9.62. The van der Waals surface area contributed by atoms with Gasteiger partial charge in [0.25, 0.3) is 0 Å². The van der Waals surface area contributed by atoms with Crippen LogP contribution in [0.5, 0.6) is 17.2 Å². The Kier molecular flexibility index (Phi) is 8.43. The van der Waals surface area contributed by atoms with E-state index in [4.69, 9.17) is 9.47 Å². The van der Waals surface area contributed by atoms with Gasteiger partial charge in [0.2, 0.25) is 0 Å². The molecule has 0 fully saturated rings. The van der Waals surface area contributed by atoms with Crippen LogP contribution in [0.2, 0.25) is 0 Å². The molecule has 0 bridgehead atoms. The van der Waals surface area contributed by atoms with Crippen molar-refractivity contribution in [2.24, 2.45) is 5.92 Å². The summed E-state index contributed by atoms with van der Waals surface area (Å²) in [6.07, 6.45) is 4.21. The van der Waals surface area contributed by atoms with Crippen LogP contribution in [0, 0.1) is 5.92 Å². The van der Waals surface area contributed by atoms with Gasteiger partial charge in [0.15, 0.2) is 0 Å². The lowest BCUT2D eigenvalue weighted by atomic mass is 9.71. The minimum absolute atomic E-state index is 0.00718. The Labute approximate surface area is 199 Å². The molecule has 0 amide bonds. The maximum absolute atomic E-state index is 9.84. The average Bonchev–Trinajstić information content (AvgIpc) is 2.84. The summed E-state index contributed by atoms with van der Waals surface area (Å²) in [5.41, 5.74) is 3.98. The molecule has 176 valence electrons. The lowest BCUT2D eigenvalue weighted by molar-refractivity contribution is 0.344. The summed E-state index contributed by atoms with van der Waals surface area (Å²) in [5.74, 6) is 3.13. The molecule has 3 aromatic carbocycles. The van der Waals surface area contributed by atoms with E-state index in [2.05, 4.69) is 69.3 Å². The molecule has 3 rings (SSSR count). The summed E-state index contributed by atoms with van der Waals surface area (Å²) in [6, 6.07) is 24.7. The first-order chi connectivity index (χ1) is 15.8. The zero-order valence-corrected chi connectivity index (χ0v) is 20.7. The Morgan fingerprint density at radius 3 is 1.82 bits per heavy atom. The van der Waals surface area contributed by atoms with Crippen molar-refractivity contribution in [2.75, 3.05) is 14.2 Å². The monoisotopic (exact) mass is 446 g/mol. The van der Waals surface area contributed by atoms with Crippen molar-refractivity contribution >= 4 is 0 Å².